The molecule has 0 aliphatic heterocycles. The van der Waals surface area contributed by atoms with Gasteiger partial charge in [-0.2, -0.15) is 0 Å². The van der Waals surface area contributed by atoms with E-state index in [2.05, 4.69) is 5.32 Å². The third-order valence-corrected chi connectivity index (χ3v) is 2.67. The third-order valence-electron chi connectivity index (χ3n) is 2.67. The molecule has 5 heteroatoms. The van der Waals surface area contributed by atoms with Crippen LogP contribution in [0.15, 0.2) is 12.2 Å². The smallest absolute Gasteiger partial charge is 0.326 e. The highest BCUT2D eigenvalue weighted by molar-refractivity contribution is 5.85. The van der Waals surface area contributed by atoms with Crippen LogP contribution in [-0.2, 0) is 9.59 Å². The van der Waals surface area contributed by atoms with Crippen molar-refractivity contribution in [3.05, 3.63) is 12.2 Å². The number of allylic oxidation sites excluding steroid dienone is 2. The molecule has 3 N–H and O–H groups in total. The van der Waals surface area contributed by atoms with Crippen LogP contribution < -0.4 is 5.32 Å². The molecule has 16 heavy (non-hydrogen) atoms. The third kappa shape index (κ3) is 3.66. The van der Waals surface area contributed by atoms with E-state index >= 15 is 0 Å². The van der Waals surface area contributed by atoms with E-state index in [0.717, 1.165) is 12.8 Å². The van der Waals surface area contributed by atoms with Crippen molar-refractivity contribution in [3.63, 3.8) is 0 Å². The van der Waals surface area contributed by atoms with Crippen molar-refractivity contribution in [2.24, 2.45) is 5.92 Å². The first kappa shape index (κ1) is 12.7. The Morgan fingerprint density at radius 1 is 1.44 bits per heavy atom. The lowest BCUT2D eigenvalue weighted by molar-refractivity contribution is -0.143. The van der Waals surface area contributed by atoms with Gasteiger partial charge in [-0.15, -0.1) is 0 Å². The predicted molar refractivity (Wildman–Crippen MR) is 57.8 cm³/mol. The lowest BCUT2D eigenvalue weighted by atomic mass is 9.93. The van der Waals surface area contributed by atoms with Crippen molar-refractivity contribution in [3.8, 4) is 0 Å². The van der Waals surface area contributed by atoms with E-state index < -0.39 is 12.0 Å². The first-order chi connectivity index (χ1) is 7.65. The van der Waals surface area contributed by atoms with Gasteiger partial charge in [0.15, 0.2) is 0 Å². The molecule has 0 fully saturated rings. The number of aliphatic hydroxyl groups excluding tert-OH is 1. The van der Waals surface area contributed by atoms with E-state index in [9.17, 15) is 9.59 Å². The average molecular weight is 227 g/mol. The highest BCUT2D eigenvalue weighted by Crippen LogP contribution is 2.18. The number of hydrogen-bond acceptors (Lipinski definition) is 3. The largest absolute Gasteiger partial charge is 0.480 e. The monoisotopic (exact) mass is 227 g/mol. The molecule has 1 aliphatic rings. The van der Waals surface area contributed by atoms with Crippen molar-refractivity contribution >= 4 is 11.9 Å². The second kappa shape index (κ2) is 6.27. The fourth-order valence-corrected chi connectivity index (χ4v) is 1.71. The summed E-state index contributed by atoms with van der Waals surface area (Å²) in [5, 5.41) is 19.9. The summed E-state index contributed by atoms with van der Waals surface area (Å²) in [4.78, 5) is 22.5. The van der Waals surface area contributed by atoms with Crippen molar-refractivity contribution in [1.82, 2.24) is 5.32 Å². The maximum Gasteiger partial charge on any atom is 0.326 e. The molecular weight excluding hydrogens is 210 g/mol. The molecule has 0 aromatic rings. The number of carboxylic acid groups (broad SMARTS) is 1. The maximum absolute atomic E-state index is 11.7. The topological polar surface area (TPSA) is 86.6 Å². The van der Waals surface area contributed by atoms with Gasteiger partial charge in [0.05, 0.1) is 0 Å². The van der Waals surface area contributed by atoms with Gasteiger partial charge in [-0.1, -0.05) is 12.2 Å². The Bertz CT molecular complexity index is 288. The van der Waals surface area contributed by atoms with E-state index in [0.29, 0.717) is 6.42 Å². The standard InChI is InChI=1S/C11H17NO4/c13-7-6-9(11(15)16)12-10(14)8-4-2-1-3-5-8/h1-2,8-9,13H,3-7H2,(H,12,14)(H,15,16)/t8?,9-/m1/s1. The molecule has 0 bridgehead atoms. The van der Waals surface area contributed by atoms with Crippen molar-refractivity contribution < 1.29 is 19.8 Å². The second-order valence-electron chi connectivity index (χ2n) is 3.89. The Hall–Kier alpha value is -1.36. The van der Waals surface area contributed by atoms with Crippen LogP contribution in [0, 0.1) is 5.92 Å². The van der Waals surface area contributed by atoms with Crippen molar-refractivity contribution in [1.29, 1.82) is 0 Å². The van der Waals surface area contributed by atoms with Gasteiger partial charge in [0.25, 0.3) is 0 Å². The minimum Gasteiger partial charge on any atom is -0.480 e. The highest BCUT2D eigenvalue weighted by atomic mass is 16.4. The lowest BCUT2D eigenvalue weighted by Crippen LogP contribution is -2.44. The zero-order chi connectivity index (χ0) is 12.0. The lowest BCUT2D eigenvalue weighted by Gasteiger charge is -2.20. The normalized spacial score (nSPS) is 21.4. The summed E-state index contributed by atoms with van der Waals surface area (Å²) in [6.07, 6.45) is 6.28. The Morgan fingerprint density at radius 2 is 2.19 bits per heavy atom. The predicted octanol–water partition coefficient (Wildman–Crippen LogP) is 0.294. The summed E-state index contributed by atoms with van der Waals surface area (Å²) in [7, 11) is 0. The number of rotatable bonds is 5. The Morgan fingerprint density at radius 3 is 2.69 bits per heavy atom. The molecule has 90 valence electrons. The van der Waals surface area contributed by atoms with E-state index in [-0.39, 0.29) is 24.9 Å². The number of amides is 1. The maximum atomic E-state index is 11.7. The van der Waals surface area contributed by atoms with Gasteiger partial charge in [-0.3, -0.25) is 4.79 Å². The van der Waals surface area contributed by atoms with Gasteiger partial charge in [0, 0.05) is 18.9 Å². The Balaban J connectivity index is 2.47. The summed E-state index contributed by atoms with van der Waals surface area (Å²) < 4.78 is 0. The van der Waals surface area contributed by atoms with E-state index in [1.165, 1.54) is 0 Å². The zero-order valence-electron chi connectivity index (χ0n) is 9.06. The average Bonchev–Trinajstić information content (AvgIpc) is 2.29. The molecule has 0 spiro atoms. The van der Waals surface area contributed by atoms with Gasteiger partial charge in [-0.05, 0) is 19.3 Å². The minimum absolute atomic E-state index is 0.0453. The number of hydrogen-bond donors (Lipinski definition) is 3. The number of carbonyl (C=O) groups is 2. The van der Waals surface area contributed by atoms with Crippen LogP contribution >= 0.6 is 0 Å². The second-order valence-corrected chi connectivity index (χ2v) is 3.89. The molecule has 0 heterocycles. The molecule has 2 atom stereocenters. The summed E-state index contributed by atoms with van der Waals surface area (Å²) in [5.74, 6) is -1.47. The SMILES string of the molecule is O=C(N[C@H](CCO)C(=O)O)C1CC=CCC1. The molecule has 0 saturated heterocycles. The summed E-state index contributed by atoms with van der Waals surface area (Å²) in [6.45, 7) is -0.248. The van der Waals surface area contributed by atoms with Crippen LogP contribution in [0.4, 0.5) is 0 Å². The van der Waals surface area contributed by atoms with Gasteiger partial charge in [-0.25, -0.2) is 4.79 Å². The summed E-state index contributed by atoms with van der Waals surface area (Å²) >= 11 is 0. The summed E-state index contributed by atoms with van der Waals surface area (Å²) in [5.41, 5.74) is 0. The van der Waals surface area contributed by atoms with E-state index in [1.807, 2.05) is 12.2 Å². The molecule has 1 aliphatic carbocycles. The molecule has 1 amide bonds. The van der Waals surface area contributed by atoms with Gasteiger partial charge < -0.3 is 15.5 Å². The first-order valence-electron chi connectivity index (χ1n) is 5.44. The van der Waals surface area contributed by atoms with Crippen LogP contribution in [-0.4, -0.2) is 34.7 Å². The number of aliphatic carboxylic acids is 1. The molecular formula is C11H17NO4. The Labute approximate surface area is 94.2 Å². The quantitative estimate of drug-likeness (QED) is 0.589. The Kier molecular flexibility index (Phi) is 4.98. The van der Waals surface area contributed by atoms with Crippen LogP contribution in [0.1, 0.15) is 25.7 Å². The molecule has 1 rings (SSSR count). The zero-order valence-corrected chi connectivity index (χ0v) is 9.06. The summed E-state index contributed by atoms with van der Waals surface area (Å²) in [6, 6.07) is -0.983. The van der Waals surface area contributed by atoms with Gasteiger partial charge in [0.2, 0.25) is 5.91 Å². The highest BCUT2D eigenvalue weighted by Gasteiger charge is 2.24. The molecule has 0 aromatic heterocycles. The fraction of sp³-hybridized carbons (Fsp3) is 0.636. The molecule has 0 aromatic carbocycles. The number of carbonyl (C=O) groups excluding carboxylic acids is 1. The van der Waals surface area contributed by atoms with Gasteiger partial charge in [0.1, 0.15) is 6.04 Å². The van der Waals surface area contributed by atoms with Crippen LogP contribution in [0.25, 0.3) is 0 Å². The van der Waals surface area contributed by atoms with Crippen molar-refractivity contribution in [2.75, 3.05) is 6.61 Å². The van der Waals surface area contributed by atoms with Crippen LogP contribution in [0.2, 0.25) is 0 Å². The van der Waals surface area contributed by atoms with E-state index in [1.54, 1.807) is 0 Å². The van der Waals surface area contributed by atoms with Crippen molar-refractivity contribution in [2.45, 2.75) is 31.7 Å². The fourth-order valence-electron chi connectivity index (χ4n) is 1.71. The number of aliphatic hydroxyl groups is 1. The first-order valence-corrected chi connectivity index (χ1v) is 5.44. The number of nitrogens with one attached hydrogen (secondary N) is 1. The van der Waals surface area contributed by atoms with Crippen LogP contribution in [0.3, 0.4) is 0 Å². The molecule has 5 nitrogen and oxygen atoms in total. The van der Waals surface area contributed by atoms with E-state index in [4.69, 9.17) is 10.2 Å². The van der Waals surface area contributed by atoms with Crippen LogP contribution in [0.5, 0.6) is 0 Å². The minimum atomic E-state index is -1.10. The molecule has 0 radical (unpaired) electrons. The molecule has 0 saturated carbocycles. The molecule has 1 unspecified atom stereocenters. The van der Waals surface area contributed by atoms with Gasteiger partial charge >= 0.3 is 5.97 Å². The number of carboxylic acids is 1.